The minimum atomic E-state index is -0.392. The lowest BCUT2D eigenvalue weighted by Gasteiger charge is -2.09. The number of nitrogens with one attached hydrogen (secondary N) is 2. The van der Waals surface area contributed by atoms with Gasteiger partial charge in [-0.1, -0.05) is 5.10 Å². The minimum Gasteiger partial charge on any atom is -0.472 e. The van der Waals surface area contributed by atoms with Crippen LogP contribution >= 0.6 is 11.3 Å². The van der Waals surface area contributed by atoms with Crippen LogP contribution in [0.15, 0.2) is 35.4 Å². The molecule has 0 spiro atoms. The quantitative estimate of drug-likeness (QED) is 0.748. The number of pyridine rings is 2. The van der Waals surface area contributed by atoms with Crippen LogP contribution in [0.4, 0.5) is 5.13 Å². The van der Waals surface area contributed by atoms with Gasteiger partial charge in [0.25, 0.3) is 11.1 Å². The van der Waals surface area contributed by atoms with Crippen LogP contribution in [0.2, 0.25) is 0 Å². The number of aryl methyl sites for hydroxylation is 1. The van der Waals surface area contributed by atoms with Gasteiger partial charge in [-0.05, 0) is 41.5 Å². The van der Waals surface area contributed by atoms with Crippen LogP contribution in [-0.2, 0) is 0 Å². The predicted molar refractivity (Wildman–Crippen MR) is 89.4 cm³/mol. The van der Waals surface area contributed by atoms with Crippen molar-refractivity contribution >= 4 is 22.4 Å². The summed E-state index contributed by atoms with van der Waals surface area (Å²) in [6.45, 7) is 1.81. The first-order valence-corrected chi connectivity index (χ1v) is 7.73. The zero-order valence-electron chi connectivity index (χ0n) is 12.9. The first kappa shape index (κ1) is 15.8. The third-order valence-electron chi connectivity index (χ3n) is 3.17. The number of anilines is 1. The minimum absolute atomic E-state index is 0.248. The average molecular weight is 343 g/mol. The Hall–Kier alpha value is -3.07. The van der Waals surface area contributed by atoms with Crippen LogP contribution in [0.5, 0.6) is 5.19 Å². The Kier molecular flexibility index (Phi) is 4.34. The number of hydrogen-bond donors (Lipinski definition) is 2. The van der Waals surface area contributed by atoms with Crippen molar-refractivity contribution in [2.45, 2.75) is 6.92 Å². The molecule has 24 heavy (non-hydrogen) atoms. The SMILES string of the molecule is COc1nnc(NC(=O)c2cnc(C)cc2-c2cc[nH]c(=O)c2)s1. The van der Waals surface area contributed by atoms with E-state index in [0.29, 0.717) is 27.0 Å². The fourth-order valence-corrected chi connectivity index (χ4v) is 2.65. The fraction of sp³-hybridized carbons (Fsp3) is 0.133. The highest BCUT2D eigenvalue weighted by atomic mass is 32.1. The van der Waals surface area contributed by atoms with E-state index in [9.17, 15) is 9.59 Å². The summed E-state index contributed by atoms with van der Waals surface area (Å²) in [5.41, 5.74) is 2.06. The molecule has 3 heterocycles. The Morgan fingerprint density at radius 2 is 2.17 bits per heavy atom. The van der Waals surface area contributed by atoms with E-state index in [1.807, 2.05) is 6.92 Å². The number of aromatic amines is 1. The summed E-state index contributed by atoms with van der Waals surface area (Å²) in [7, 11) is 1.47. The molecule has 0 fully saturated rings. The van der Waals surface area contributed by atoms with Crippen molar-refractivity contribution in [3.63, 3.8) is 0 Å². The van der Waals surface area contributed by atoms with E-state index in [4.69, 9.17) is 4.74 Å². The van der Waals surface area contributed by atoms with Gasteiger partial charge in [-0.25, -0.2) is 0 Å². The number of hydrogen-bond acceptors (Lipinski definition) is 7. The third-order valence-corrected chi connectivity index (χ3v) is 3.97. The van der Waals surface area contributed by atoms with E-state index in [1.54, 1.807) is 12.1 Å². The molecule has 0 saturated carbocycles. The zero-order chi connectivity index (χ0) is 17.1. The molecular weight excluding hydrogens is 330 g/mol. The topological polar surface area (TPSA) is 110 Å². The summed E-state index contributed by atoms with van der Waals surface area (Å²) in [6, 6.07) is 4.91. The van der Waals surface area contributed by atoms with Gasteiger partial charge in [-0.3, -0.25) is 19.9 Å². The highest BCUT2D eigenvalue weighted by Gasteiger charge is 2.16. The fourth-order valence-electron chi connectivity index (χ4n) is 2.10. The van der Waals surface area contributed by atoms with Crippen LogP contribution in [0, 0.1) is 6.92 Å². The molecule has 0 aliphatic heterocycles. The number of rotatable bonds is 4. The predicted octanol–water partition coefficient (Wildman–Crippen LogP) is 1.86. The van der Waals surface area contributed by atoms with E-state index in [2.05, 4.69) is 25.5 Å². The number of aromatic nitrogens is 4. The van der Waals surface area contributed by atoms with Gasteiger partial charge in [0.15, 0.2) is 0 Å². The zero-order valence-corrected chi connectivity index (χ0v) is 13.7. The Labute approximate surface area is 140 Å². The first-order chi connectivity index (χ1) is 11.6. The van der Waals surface area contributed by atoms with Crippen molar-refractivity contribution in [1.82, 2.24) is 20.2 Å². The van der Waals surface area contributed by atoms with Gasteiger partial charge in [-0.2, -0.15) is 0 Å². The molecule has 9 heteroatoms. The highest BCUT2D eigenvalue weighted by Crippen LogP contribution is 2.26. The lowest BCUT2D eigenvalue weighted by Crippen LogP contribution is -2.14. The van der Waals surface area contributed by atoms with Gasteiger partial charge < -0.3 is 9.72 Å². The molecular formula is C15H13N5O3S. The molecule has 3 aromatic rings. The molecule has 2 N–H and O–H groups in total. The Morgan fingerprint density at radius 3 is 2.88 bits per heavy atom. The third kappa shape index (κ3) is 3.30. The molecule has 0 saturated heterocycles. The van der Waals surface area contributed by atoms with Crippen LogP contribution < -0.4 is 15.6 Å². The number of methoxy groups -OCH3 is 1. The number of nitrogens with zero attached hydrogens (tertiary/aromatic N) is 3. The maximum absolute atomic E-state index is 12.6. The van der Waals surface area contributed by atoms with Gasteiger partial charge in [0, 0.05) is 24.2 Å². The average Bonchev–Trinajstić information content (AvgIpc) is 3.02. The molecule has 1 amide bonds. The molecule has 0 radical (unpaired) electrons. The van der Waals surface area contributed by atoms with E-state index < -0.39 is 5.91 Å². The first-order valence-electron chi connectivity index (χ1n) is 6.91. The van der Waals surface area contributed by atoms with Gasteiger partial charge in [0.2, 0.25) is 10.7 Å². The van der Waals surface area contributed by atoms with Crippen molar-refractivity contribution < 1.29 is 9.53 Å². The van der Waals surface area contributed by atoms with Crippen LogP contribution in [0.25, 0.3) is 11.1 Å². The standard InChI is InChI=1S/C15H13N5O3S/c1-8-5-10(9-3-4-16-12(21)6-9)11(7-17-8)13(22)18-14-19-20-15(23-2)24-14/h3-7H,1-2H3,(H,16,21)(H,18,19,22). The van der Waals surface area contributed by atoms with Crippen LogP contribution in [-0.4, -0.2) is 33.2 Å². The molecule has 3 rings (SSSR count). The summed E-state index contributed by atoms with van der Waals surface area (Å²) < 4.78 is 4.95. The maximum atomic E-state index is 12.6. The van der Waals surface area contributed by atoms with Crippen molar-refractivity contribution in [3.8, 4) is 16.3 Å². The Morgan fingerprint density at radius 1 is 1.33 bits per heavy atom. The second-order valence-corrected chi connectivity index (χ2v) is 5.78. The van der Waals surface area contributed by atoms with Crippen molar-refractivity contribution in [3.05, 3.63) is 52.2 Å². The molecule has 0 bridgehead atoms. The Bertz CT molecular complexity index is 950. The second kappa shape index (κ2) is 6.59. The summed E-state index contributed by atoms with van der Waals surface area (Å²) in [6.07, 6.45) is 3.00. The number of carbonyl (C=O) groups excluding carboxylic acids is 1. The highest BCUT2D eigenvalue weighted by molar-refractivity contribution is 7.17. The normalized spacial score (nSPS) is 10.4. The number of carbonyl (C=O) groups is 1. The summed E-state index contributed by atoms with van der Waals surface area (Å²) in [5.74, 6) is -0.392. The summed E-state index contributed by atoms with van der Waals surface area (Å²) in [4.78, 5) is 30.8. The molecule has 0 aromatic carbocycles. The molecule has 8 nitrogen and oxygen atoms in total. The molecule has 0 aliphatic rings. The number of ether oxygens (including phenoxy) is 1. The summed E-state index contributed by atoms with van der Waals surface area (Å²) >= 11 is 1.11. The van der Waals surface area contributed by atoms with E-state index in [-0.39, 0.29) is 5.56 Å². The smallest absolute Gasteiger partial charge is 0.295 e. The second-order valence-electron chi connectivity index (χ2n) is 4.84. The lowest BCUT2D eigenvalue weighted by atomic mass is 10.0. The van der Waals surface area contributed by atoms with Crippen molar-refractivity contribution in [2.24, 2.45) is 0 Å². The number of amides is 1. The molecule has 0 aliphatic carbocycles. The van der Waals surface area contributed by atoms with E-state index >= 15 is 0 Å². The Balaban J connectivity index is 1.98. The van der Waals surface area contributed by atoms with Gasteiger partial charge in [-0.15, -0.1) is 5.10 Å². The number of H-pyrrole nitrogens is 1. The molecule has 0 atom stereocenters. The molecule has 3 aromatic heterocycles. The van der Waals surface area contributed by atoms with Crippen LogP contribution in [0.3, 0.4) is 0 Å². The van der Waals surface area contributed by atoms with E-state index in [0.717, 1.165) is 17.0 Å². The lowest BCUT2D eigenvalue weighted by molar-refractivity contribution is 0.102. The van der Waals surface area contributed by atoms with E-state index in [1.165, 1.54) is 25.6 Å². The molecule has 0 unspecified atom stereocenters. The van der Waals surface area contributed by atoms with Gasteiger partial charge in [0.05, 0.1) is 12.7 Å². The monoisotopic (exact) mass is 343 g/mol. The van der Waals surface area contributed by atoms with Crippen LogP contribution in [0.1, 0.15) is 16.1 Å². The van der Waals surface area contributed by atoms with Crippen molar-refractivity contribution in [2.75, 3.05) is 12.4 Å². The van der Waals surface area contributed by atoms with Gasteiger partial charge in [0.1, 0.15) is 0 Å². The largest absolute Gasteiger partial charge is 0.472 e. The summed E-state index contributed by atoms with van der Waals surface area (Å²) in [5, 5.41) is 10.9. The molecule has 122 valence electrons. The maximum Gasteiger partial charge on any atom is 0.295 e. The van der Waals surface area contributed by atoms with Gasteiger partial charge >= 0.3 is 0 Å². The van der Waals surface area contributed by atoms with Crippen molar-refractivity contribution in [1.29, 1.82) is 0 Å².